The van der Waals surface area contributed by atoms with Gasteiger partial charge in [-0.15, -0.1) is 5.10 Å². The van der Waals surface area contributed by atoms with E-state index in [9.17, 15) is 4.79 Å². The molecule has 2 aromatic carbocycles. The number of nitrogens with one attached hydrogen (secondary N) is 1. The third-order valence-electron chi connectivity index (χ3n) is 4.85. The molecule has 33 heavy (non-hydrogen) atoms. The molecule has 0 aliphatic rings. The molecule has 2 heterocycles. The smallest absolute Gasteiger partial charge is 0.293 e. The number of benzene rings is 2. The molecule has 0 saturated carbocycles. The molecule has 11 nitrogen and oxygen atoms in total. The normalized spacial score (nSPS) is 11.4. The van der Waals surface area contributed by atoms with Crippen LogP contribution in [0.4, 0.5) is 11.5 Å². The van der Waals surface area contributed by atoms with E-state index in [1.54, 1.807) is 19.1 Å². The first-order chi connectivity index (χ1) is 15.9. The van der Waals surface area contributed by atoms with Gasteiger partial charge in [-0.25, -0.2) is 10.1 Å². The van der Waals surface area contributed by atoms with Crippen LogP contribution in [0.1, 0.15) is 28.7 Å². The molecule has 1 amide bonds. The first-order valence-electron chi connectivity index (χ1n) is 9.83. The van der Waals surface area contributed by atoms with E-state index in [1.807, 2.05) is 54.4 Å². The second-order valence-electron chi connectivity index (χ2n) is 7.11. The van der Waals surface area contributed by atoms with Gasteiger partial charge in [0, 0.05) is 17.8 Å². The first kappa shape index (κ1) is 22.0. The zero-order chi connectivity index (χ0) is 23.4. The summed E-state index contributed by atoms with van der Waals surface area (Å²) >= 11 is 5.93. The number of para-hydroxylation sites is 1. The van der Waals surface area contributed by atoms with E-state index < -0.39 is 5.91 Å². The predicted molar refractivity (Wildman–Crippen MR) is 123 cm³/mol. The number of hydrogen-bond donors (Lipinski definition) is 2. The number of carbonyl (C=O) groups excluding carboxylic acids is 1. The van der Waals surface area contributed by atoms with Crippen LogP contribution in [0, 0.1) is 0 Å². The Morgan fingerprint density at radius 2 is 1.91 bits per heavy atom. The summed E-state index contributed by atoms with van der Waals surface area (Å²) in [6.07, 6.45) is 0. The number of nitrogens with two attached hydrogens (primary N) is 1. The number of hydrazone groups is 1. The number of anilines is 2. The fourth-order valence-corrected chi connectivity index (χ4v) is 3.20. The van der Waals surface area contributed by atoms with Crippen molar-refractivity contribution in [3.8, 4) is 5.82 Å². The summed E-state index contributed by atoms with van der Waals surface area (Å²) in [7, 11) is 1.88. The number of nitrogen functional groups attached to an aromatic ring is 1. The summed E-state index contributed by atoms with van der Waals surface area (Å²) in [5.74, 6) is -0.382. The van der Waals surface area contributed by atoms with Crippen LogP contribution in [0.2, 0.25) is 5.02 Å². The molecule has 0 aliphatic heterocycles. The maximum absolute atomic E-state index is 13.0. The van der Waals surface area contributed by atoms with Crippen LogP contribution < -0.4 is 16.1 Å². The Balaban J connectivity index is 1.63. The van der Waals surface area contributed by atoms with Gasteiger partial charge in [0.2, 0.25) is 11.6 Å². The zero-order valence-electron chi connectivity index (χ0n) is 17.8. The van der Waals surface area contributed by atoms with E-state index in [0.717, 1.165) is 11.3 Å². The molecular weight excluding hydrogens is 446 g/mol. The molecular formula is C21H20ClN9O2. The Kier molecular flexibility index (Phi) is 6.31. The number of hydrogen-bond acceptors (Lipinski definition) is 9. The fraction of sp³-hybridized carbons (Fsp3) is 0.143. The van der Waals surface area contributed by atoms with Crippen LogP contribution in [0.25, 0.3) is 5.82 Å². The van der Waals surface area contributed by atoms with Gasteiger partial charge < -0.3 is 10.6 Å². The molecule has 3 N–H and O–H groups in total. The SMILES string of the molecule is C/C(=N/NC(=O)c1nnn(-c2nonc2N)c1CN(C)c1ccccc1)c1ccc(Cl)cc1. The van der Waals surface area contributed by atoms with Crippen molar-refractivity contribution in [2.24, 2.45) is 5.10 Å². The average molecular weight is 466 g/mol. The lowest BCUT2D eigenvalue weighted by molar-refractivity contribution is 0.0949. The van der Waals surface area contributed by atoms with Gasteiger partial charge in [0.05, 0.1) is 18.0 Å². The van der Waals surface area contributed by atoms with E-state index in [0.29, 0.717) is 16.4 Å². The summed E-state index contributed by atoms with van der Waals surface area (Å²) in [4.78, 5) is 14.9. The molecule has 4 aromatic rings. The minimum atomic E-state index is -0.541. The number of rotatable bonds is 7. The van der Waals surface area contributed by atoms with Gasteiger partial charge in [0.25, 0.3) is 5.91 Å². The van der Waals surface area contributed by atoms with Crippen LogP contribution in [0.15, 0.2) is 64.3 Å². The molecule has 0 bridgehead atoms. The number of halogens is 1. The van der Waals surface area contributed by atoms with Gasteiger partial charge in [-0.1, -0.05) is 47.1 Å². The molecule has 12 heteroatoms. The van der Waals surface area contributed by atoms with Crippen molar-refractivity contribution >= 4 is 34.7 Å². The van der Waals surface area contributed by atoms with Crippen molar-refractivity contribution in [3.05, 3.63) is 76.6 Å². The van der Waals surface area contributed by atoms with Crippen LogP contribution in [0.3, 0.4) is 0 Å². The Morgan fingerprint density at radius 3 is 2.58 bits per heavy atom. The highest BCUT2D eigenvalue weighted by Crippen LogP contribution is 2.20. The summed E-state index contributed by atoms with van der Waals surface area (Å²) in [5, 5.41) is 20.3. The molecule has 4 rings (SSSR count). The van der Waals surface area contributed by atoms with Gasteiger partial charge >= 0.3 is 0 Å². The molecule has 0 saturated heterocycles. The molecule has 0 fully saturated rings. The topological polar surface area (TPSA) is 140 Å². The molecule has 168 valence electrons. The highest BCUT2D eigenvalue weighted by atomic mass is 35.5. The number of amides is 1. The standard InChI is InChI=1S/C21H20ClN9O2/c1-13(14-8-10-15(22)11-9-14)24-26-21(32)18-17(12-30(2)16-6-4-3-5-7-16)31(29-25-18)20-19(23)27-33-28-20/h3-11H,12H2,1-2H3,(H2,23,27)(H,26,32)/b24-13-. The highest BCUT2D eigenvalue weighted by molar-refractivity contribution is 6.30. The van der Waals surface area contributed by atoms with Crippen LogP contribution >= 0.6 is 11.6 Å². The van der Waals surface area contributed by atoms with Gasteiger partial charge in [-0.3, -0.25) is 4.79 Å². The third-order valence-corrected chi connectivity index (χ3v) is 5.10. The Morgan fingerprint density at radius 1 is 1.18 bits per heavy atom. The lowest BCUT2D eigenvalue weighted by atomic mass is 10.1. The largest absolute Gasteiger partial charge is 0.378 e. The Hall–Kier alpha value is -4.25. The van der Waals surface area contributed by atoms with Crippen LogP contribution in [-0.4, -0.2) is 44.0 Å². The minimum Gasteiger partial charge on any atom is -0.378 e. The van der Waals surface area contributed by atoms with E-state index >= 15 is 0 Å². The molecule has 0 aliphatic carbocycles. The fourth-order valence-electron chi connectivity index (χ4n) is 3.07. The minimum absolute atomic E-state index is 0.0204. The lowest BCUT2D eigenvalue weighted by Gasteiger charge is -2.19. The van der Waals surface area contributed by atoms with Crippen molar-refractivity contribution in [2.75, 3.05) is 17.7 Å². The maximum atomic E-state index is 13.0. The van der Waals surface area contributed by atoms with Gasteiger partial charge in [-0.2, -0.15) is 9.78 Å². The third kappa shape index (κ3) is 4.83. The summed E-state index contributed by atoms with van der Waals surface area (Å²) < 4.78 is 6.02. The van der Waals surface area contributed by atoms with E-state index in [-0.39, 0.29) is 23.9 Å². The van der Waals surface area contributed by atoms with E-state index in [2.05, 4.69) is 31.2 Å². The molecule has 0 spiro atoms. The van der Waals surface area contributed by atoms with Gasteiger partial charge in [0.15, 0.2) is 5.69 Å². The predicted octanol–water partition coefficient (Wildman–Crippen LogP) is 2.68. The summed E-state index contributed by atoms with van der Waals surface area (Å²) in [6, 6.07) is 16.8. The van der Waals surface area contributed by atoms with E-state index in [4.69, 9.17) is 22.0 Å². The van der Waals surface area contributed by atoms with Crippen molar-refractivity contribution in [2.45, 2.75) is 13.5 Å². The highest BCUT2D eigenvalue weighted by Gasteiger charge is 2.25. The maximum Gasteiger partial charge on any atom is 0.293 e. The van der Waals surface area contributed by atoms with Crippen molar-refractivity contribution in [1.82, 2.24) is 30.7 Å². The van der Waals surface area contributed by atoms with E-state index in [1.165, 1.54) is 4.68 Å². The molecule has 0 unspecified atom stereocenters. The van der Waals surface area contributed by atoms with Gasteiger partial charge in [0.1, 0.15) is 0 Å². The Bertz CT molecular complexity index is 1280. The molecule has 0 radical (unpaired) electrons. The monoisotopic (exact) mass is 465 g/mol. The number of aromatic nitrogens is 5. The second-order valence-corrected chi connectivity index (χ2v) is 7.54. The lowest BCUT2D eigenvalue weighted by Crippen LogP contribution is -2.25. The first-order valence-corrected chi connectivity index (χ1v) is 10.2. The summed E-state index contributed by atoms with van der Waals surface area (Å²) in [5.41, 5.74) is 11.2. The average Bonchev–Trinajstić information content (AvgIpc) is 3.43. The second kappa shape index (κ2) is 9.49. The van der Waals surface area contributed by atoms with Crippen molar-refractivity contribution in [1.29, 1.82) is 0 Å². The van der Waals surface area contributed by atoms with Crippen LogP contribution in [0.5, 0.6) is 0 Å². The molecule has 0 atom stereocenters. The van der Waals surface area contributed by atoms with Crippen LogP contribution in [-0.2, 0) is 6.54 Å². The van der Waals surface area contributed by atoms with Crippen molar-refractivity contribution in [3.63, 3.8) is 0 Å². The number of carbonyl (C=O) groups is 1. The summed E-state index contributed by atoms with van der Waals surface area (Å²) in [6.45, 7) is 2.04. The quantitative estimate of drug-likeness (QED) is 0.313. The van der Waals surface area contributed by atoms with Crippen molar-refractivity contribution < 1.29 is 9.42 Å². The van der Waals surface area contributed by atoms with Gasteiger partial charge in [-0.05, 0) is 47.1 Å². The Labute approximate surface area is 193 Å². The number of nitrogens with zero attached hydrogens (tertiary/aromatic N) is 7. The molecule has 2 aromatic heterocycles. The zero-order valence-corrected chi connectivity index (χ0v) is 18.6.